The third-order valence-electron chi connectivity index (χ3n) is 3.99. The largest absolute Gasteiger partial charge is 0.384 e. The van der Waals surface area contributed by atoms with Crippen molar-refractivity contribution in [2.45, 2.75) is 25.8 Å². The Morgan fingerprint density at radius 1 is 1.55 bits per heavy atom. The van der Waals surface area contributed by atoms with Crippen LogP contribution in [0, 0.1) is 5.92 Å². The number of carbonyl (C=O) groups excluding carboxylic acids is 1. The molecule has 0 aliphatic carbocycles. The van der Waals surface area contributed by atoms with Crippen molar-refractivity contribution in [3.05, 3.63) is 34.9 Å². The maximum absolute atomic E-state index is 12.5. The normalized spacial score (nSPS) is 21.6. The number of rotatable bonds is 5. The zero-order valence-electron chi connectivity index (χ0n) is 12.1. The number of piperidine rings is 1. The van der Waals surface area contributed by atoms with Gasteiger partial charge in [0.05, 0.1) is 12.6 Å². The average Bonchev–Trinajstić information content (AvgIpc) is 2.46. The lowest BCUT2D eigenvalue weighted by Crippen LogP contribution is -2.46. The summed E-state index contributed by atoms with van der Waals surface area (Å²) in [6.45, 7) is 4.67. The van der Waals surface area contributed by atoms with E-state index in [9.17, 15) is 4.79 Å². The van der Waals surface area contributed by atoms with Crippen molar-refractivity contribution < 1.29 is 9.53 Å². The van der Waals surface area contributed by atoms with Crippen molar-refractivity contribution in [3.8, 4) is 0 Å². The number of carbonyl (C=O) groups is 1. The van der Waals surface area contributed by atoms with Gasteiger partial charge >= 0.3 is 0 Å². The Bertz CT molecular complexity index is 462. The highest BCUT2D eigenvalue weighted by molar-refractivity contribution is 6.31. The standard InChI is InChI=1S/C16H22ClNO2/c1-12(16(19)14-6-3-7-15(17)9-14)18-8-4-5-13(10-18)11-20-2/h3,6-7,9,12-13H,4-5,8,10-11H2,1-2H3. The van der Waals surface area contributed by atoms with Gasteiger partial charge in [-0.05, 0) is 44.4 Å². The topological polar surface area (TPSA) is 29.5 Å². The quantitative estimate of drug-likeness (QED) is 0.781. The molecule has 0 saturated carbocycles. The molecular weight excluding hydrogens is 274 g/mol. The Labute approximate surface area is 125 Å². The number of Topliss-reactive ketones (excluding diaryl/α,β-unsaturated/α-hetero) is 1. The van der Waals surface area contributed by atoms with Crippen LogP contribution in [0.25, 0.3) is 0 Å². The third kappa shape index (κ3) is 3.81. The molecule has 2 atom stereocenters. The molecule has 1 fully saturated rings. The number of nitrogens with zero attached hydrogens (tertiary/aromatic N) is 1. The van der Waals surface area contributed by atoms with Crippen molar-refractivity contribution in [1.29, 1.82) is 0 Å². The second-order valence-electron chi connectivity index (χ2n) is 5.51. The zero-order chi connectivity index (χ0) is 14.5. The second kappa shape index (κ2) is 7.21. The summed E-state index contributed by atoms with van der Waals surface area (Å²) in [6, 6.07) is 7.09. The molecule has 0 amide bonds. The molecule has 3 nitrogen and oxygen atoms in total. The smallest absolute Gasteiger partial charge is 0.179 e. The molecule has 1 aromatic rings. The maximum Gasteiger partial charge on any atom is 0.179 e. The van der Waals surface area contributed by atoms with Crippen molar-refractivity contribution in [1.82, 2.24) is 4.90 Å². The molecule has 0 radical (unpaired) electrons. The highest BCUT2D eigenvalue weighted by atomic mass is 35.5. The number of hydrogen-bond donors (Lipinski definition) is 0. The van der Waals surface area contributed by atoms with Gasteiger partial charge in [-0.15, -0.1) is 0 Å². The molecule has 0 spiro atoms. The number of halogens is 1. The van der Waals surface area contributed by atoms with E-state index in [0.29, 0.717) is 16.5 Å². The minimum atomic E-state index is -0.104. The summed E-state index contributed by atoms with van der Waals surface area (Å²) in [5.41, 5.74) is 0.693. The molecule has 110 valence electrons. The summed E-state index contributed by atoms with van der Waals surface area (Å²) in [5.74, 6) is 0.675. The van der Waals surface area contributed by atoms with Gasteiger partial charge in [0, 0.05) is 24.2 Å². The predicted octanol–water partition coefficient (Wildman–Crippen LogP) is 3.27. The lowest BCUT2D eigenvalue weighted by Gasteiger charge is -2.35. The summed E-state index contributed by atoms with van der Waals surface area (Å²) >= 11 is 5.96. The highest BCUT2D eigenvalue weighted by Crippen LogP contribution is 2.21. The van der Waals surface area contributed by atoms with E-state index in [-0.39, 0.29) is 11.8 Å². The number of likely N-dealkylation sites (tertiary alicyclic amines) is 1. The fraction of sp³-hybridized carbons (Fsp3) is 0.562. The van der Waals surface area contributed by atoms with E-state index < -0.39 is 0 Å². The third-order valence-corrected chi connectivity index (χ3v) is 4.22. The molecular formula is C16H22ClNO2. The van der Waals surface area contributed by atoms with Gasteiger partial charge in [0.15, 0.2) is 5.78 Å². The summed E-state index contributed by atoms with van der Waals surface area (Å²) < 4.78 is 5.24. The van der Waals surface area contributed by atoms with Crippen LogP contribution in [-0.4, -0.2) is 43.5 Å². The van der Waals surface area contributed by atoms with Crippen LogP contribution in [-0.2, 0) is 4.74 Å². The number of ether oxygens (including phenoxy) is 1. The number of hydrogen-bond acceptors (Lipinski definition) is 3. The van der Waals surface area contributed by atoms with Crippen LogP contribution in [0.15, 0.2) is 24.3 Å². The molecule has 2 rings (SSSR count). The van der Waals surface area contributed by atoms with Crippen LogP contribution in [0.2, 0.25) is 5.02 Å². The van der Waals surface area contributed by atoms with Crippen LogP contribution in [0.5, 0.6) is 0 Å². The van der Waals surface area contributed by atoms with Crippen LogP contribution in [0.1, 0.15) is 30.1 Å². The van der Waals surface area contributed by atoms with Crippen LogP contribution in [0.3, 0.4) is 0 Å². The minimum Gasteiger partial charge on any atom is -0.384 e. The molecule has 0 N–H and O–H groups in total. The molecule has 1 aliphatic rings. The predicted molar refractivity (Wildman–Crippen MR) is 81.4 cm³/mol. The van der Waals surface area contributed by atoms with Crippen molar-refractivity contribution in [2.75, 3.05) is 26.8 Å². The lowest BCUT2D eigenvalue weighted by molar-refractivity contribution is 0.0595. The van der Waals surface area contributed by atoms with Gasteiger partial charge in [-0.25, -0.2) is 0 Å². The van der Waals surface area contributed by atoms with E-state index in [4.69, 9.17) is 16.3 Å². The Balaban J connectivity index is 2.02. The lowest BCUT2D eigenvalue weighted by atomic mass is 9.95. The van der Waals surface area contributed by atoms with Crippen molar-refractivity contribution in [3.63, 3.8) is 0 Å². The van der Waals surface area contributed by atoms with E-state index in [1.54, 1.807) is 19.2 Å². The van der Waals surface area contributed by atoms with Gasteiger partial charge < -0.3 is 4.74 Å². The number of methoxy groups -OCH3 is 1. The first kappa shape index (κ1) is 15.5. The first-order valence-corrected chi connectivity index (χ1v) is 7.52. The Morgan fingerprint density at radius 3 is 3.05 bits per heavy atom. The summed E-state index contributed by atoms with van der Waals surface area (Å²) in [5, 5.41) is 0.610. The Morgan fingerprint density at radius 2 is 2.35 bits per heavy atom. The SMILES string of the molecule is COCC1CCCN(C(C)C(=O)c2cccc(Cl)c2)C1. The van der Waals surface area contributed by atoms with Gasteiger partial charge in [-0.3, -0.25) is 9.69 Å². The molecule has 4 heteroatoms. The van der Waals surface area contributed by atoms with Gasteiger partial charge in [0.25, 0.3) is 0 Å². The monoisotopic (exact) mass is 295 g/mol. The molecule has 1 saturated heterocycles. The van der Waals surface area contributed by atoms with Crippen molar-refractivity contribution >= 4 is 17.4 Å². The number of ketones is 1. The molecule has 2 unspecified atom stereocenters. The van der Waals surface area contributed by atoms with Crippen LogP contribution >= 0.6 is 11.6 Å². The summed E-state index contributed by atoms with van der Waals surface area (Å²) in [6.07, 6.45) is 2.31. The molecule has 1 aliphatic heterocycles. The first-order valence-electron chi connectivity index (χ1n) is 7.14. The van der Waals surface area contributed by atoms with Gasteiger partial charge in [-0.1, -0.05) is 23.7 Å². The highest BCUT2D eigenvalue weighted by Gasteiger charge is 2.27. The van der Waals surface area contributed by atoms with E-state index >= 15 is 0 Å². The first-order chi connectivity index (χ1) is 9.61. The average molecular weight is 296 g/mol. The minimum absolute atomic E-state index is 0.104. The zero-order valence-corrected chi connectivity index (χ0v) is 12.9. The van der Waals surface area contributed by atoms with Gasteiger partial charge in [0.1, 0.15) is 0 Å². The van der Waals surface area contributed by atoms with E-state index in [1.165, 1.54) is 6.42 Å². The summed E-state index contributed by atoms with van der Waals surface area (Å²) in [4.78, 5) is 14.8. The van der Waals surface area contributed by atoms with Crippen LogP contribution in [0.4, 0.5) is 0 Å². The molecule has 1 aromatic carbocycles. The fourth-order valence-electron chi connectivity index (χ4n) is 2.87. The number of benzene rings is 1. The Hall–Kier alpha value is -0.900. The molecule has 0 bridgehead atoms. The van der Waals surface area contributed by atoms with Gasteiger partial charge in [-0.2, -0.15) is 0 Å². The summed E-state index contributed by atoms with van der Waals surface area (Å²) in [7, 11) is 1.74. The van der Waals surface area contributed by atoms with Crippen molar-refractivity contribution in [2.24, 2.45) is 5.92 Å². The van der Waals surface area contributed by atoms with Gasteiger partial charge in [0.2, 0.25) is 0 Å². The Kier molecular flexibility index (Phi) is 5.58. The molecule has 20 heavy (non-hydrogen) atoms. The van der Waals surface area contributed by atoms with E-state index in [1.807, 2.05) is 19.1 Å². The molecule has 1 heterocycles. The molecule has 0 aromatic heterocycles. The van der Waals surface area contributed by atoms with Crippen LogP contribution < -0.4 is 0 Å². The van der Waals surface area contributed by atoms with E-state index in [0.717, 1.165) is 26.1 Å². The second-order valence-corrected chi connectivity index (χ2v) is 5.95. The van der Waals surface area contributed by atoms with E-state index in [2.05, 4.69) is 4.90 Å². The fourth-order valence-corrected chi connectivity index (χ4v) is 3.06. The maximum atomic E-state index is 12.5.